The molecule has 0 amide bonds. The van der Waals surface area contributed by atoms with E-state index in [4.69, 9.17) is 0 Å². The monoisotopic (exact) mass is 334 g/mol. The van der Waals surface area contributed by atoms with Crippen LogP contribution in [0.25, 0.3) is 5.69 Å². The van der Waals surface area contributed by atoms with Gasteiger partial charge >= 0.3 is 0 Å². The van der Waals surface area contributed by atoms with Crippen molar-refractivity contribution in [3.8, 4) is 5.69 Å². The highest BCUT2D eigenvalue weighted by atomic mass is 16.3. The lowest BCUT2D eigenvalue weighted by Crippen LogP contribution is -2.42. The quantitative estimate of drug-likeness (QED) is 0.797. The molecule has 5 heteroatoms. The van der Waals surface area contributed by atoms with E-state index in [1.54, 1.807) is 18.6 Å². The fourth-order valence-corrected chi connectivity index (χ4v) is 3.53. The number of nitrogens with zero attached hydrogens (tertiary/aromatic N) is 4. The first-order valence-electron chi connectivity index (χ1n) is 8.68. The zero-order chi connectivity index (χ0) is 17.1. The van der Waals surface area contributed by atoms with Gasteiger partial charge in [-0.1, -0.05) is 24.3 Å². The predicted molar refractivity (Wildman–Crippen MR) is 96.2 cm³/mol. The number of benzene rings is 1. The molecule has 0 unspecified atom stereocenters. The smallest absolute Gasteiger partial charge is 0.0935 e. The molecule has 1 N–H and O–H groups in total. The molecule has 2 aromatic heterocycles. The molecule has 0 radical (unpaired) electrons. The van der Waals surface area contributed by atoms with Crippen molar-refractivity contribution in [3.63, 3.8) is 0 Å². The number of para-hydroxylation sites is 1. The van der Waals surface area contributed by atoms with Crippen LogP contribution in [0.5, 0.6) is 0 Å². The second kappa shape index (κ2) is 6.78. The van der Waals surface area contributed by atoms with Crippen LogP contribution in [-0.4, -0.2) is 37.9 Å². The summed E-state index contributed by atoms with van der Waals surface area (Å²) in [6.07, 6.45) is 8.74. The number of aromatic nitrogens is 3. The van der Waals surface area contributed by atoms with E-state index >= 15 is 0 Å². The van der Waals surface area contributed by atoms with Crippen LogP contribution in [0, 0.1) is 0 Å². The Bertz CT molecular complexity index is 809. The molecule has 128 valence electrons. The predicted octanol–water partition coefficient (Wildman–Crippen LogP) is 2.75. The van der Waals surface area contributed by atoms with Crippen molar-refractivity contribution in [2.45, 2.75) is 25.0 Å². The summed E-state index contributed by atoms with van der Waals surface area (Å²) in [4.78, 5) is 6.54. The minimum absolute atomic E-state index is 0.725. The van der Waals surface area contributed by atoms with Gasteiger partial charge in [0.05, 0.1) is 11.3 Å². The molecule has 0 spiro atoms. The summed E-state index contributed by atoms with van der Waals surface area (Å²) in [5, 5.41) is 15.3. The average Bonchev–Trinajstić information content (AvgIpc) is 3.20. The molecular formula is C20H22N4O. The van der Waals surface area contributed by atoms with E-state index in [-0.39, 0.29) is 0 Å². The zero-order valence-corrected chi connectivity index (χ0v) is 14.1. The Labute approximate surface area is 147 Å². The van der Waals surface area contributed by atoms with Crippen molar-refractivity contribution < 1.29 is 5.11 Å². The summed E-state index contributed by atoms with van der Waals surface area (Å²) < 4.78 is 1.91. The summed E-state index contributed by atoms with van der Waals surface area (Å²) >= 11 is 0. The summed E-state index contributed by atoms with van der Waals surface area (Å²) in [6, 6.07) is 14.1. The van der Waals surface area contributed by atoms with Gasteiger partial charge in [-0.25, -0.2) is 4.68 Å². The summed E-state index contributed by atoms with van der Waals surface area (Å²) in [6.45, 7) is 2.58. The SMILES string of the molecule is OC1(c2cccnc2)CCN(Cc2ccccc2-n2cccn2)CC1. The Balaban J connectivity index is 1.46. The number of piperidine rings is 1. The van der Waals surface area contributed by atoms with Crippen LogP contribution >= 0.6 is 0 Å². The topological polar surface area (TPSA) is 54.2 Å². The van der Waals surface area contributed by atoms with Gasteiger partial charge in [-0.2, -0.15) is 5.10 Å². The van der Waals surface area contributed by atoms with Gasteiger partial charge in [-0.05, 0) is 36.6 Å². The van der Waals surface area contributed by atoms with Crippen molar-refractivity contribution in [1.29, 1.82) is 0 Å². The molecule has 25 heavy (non-hydrogen) atoms. The summed E-state index contributed by atoms with van der Waals surface area (Å²) in [7, 11) is 0. The standard InChI is InChI=1S/C20H22N4O/c25-20(18-6-3-10-21-15-18)8-13-23(14-9-20)16-17-5-1-2-7-19(17)24-12-4-11-22-24/h1-7,10-12,15,25H,8-9,13-14,16H2. The molecule has 1 saturated heterocycles. The summed E-state index contributed by atoms with van der Waals surface area (Å²) in [5.41, 5.74) is 2.52. The van der Waals surface area contributed by atoms with Gasteiger partial charge in [0.1, 0.15) is 0 Å². The largest absolute Gasteiger partial charge is 0.385 e. The number of rotatable bonds is 4. The van der Waals surface area contributed by atoms with Gasteiger partial charge in [0, 0.05) is 50.0 Å². The normalized spacial score (nSPS) is 17.5. The molecule has 3 heterocycles. The third-order valence-electron chi connectivity index (χ3n) is 5.02. The lowest BCUT2D eigenvalue weighted by molar-refractivity contribution is -0.0279. The summed E-state index contributed by atoms with van der Waals surface area (Å²) in [5.74, 6) is 0. The molecule has 4 rings (SSSR count). The lowest BCUT2D eigenvalue weighted by atomic mass is 9.85. The van der Waals surface area contributed by atoms with E-state index in [9.17, 15) is 5.11 Å². The zero-order valence-electron chi connectivity index (χ0n) is 14.1. The molecule has 0 bridgehead atoms. The molecule has 1 aliphatic rings. The fourth-order valence-electron chi connectivity index (χ4n) is 3.53. The Hall–Kier alpha value is -2.50. The molecule has 0 aliphatic carbocycles. The van der Waals surface area contributed by atoms with Gasteiger partial charge < -0.3 is 5.11 Å². The van der Waals surface area contributed by atoms with Gasteiger partial charge in [-0.3, -0.25) is 9.88 Å². The van der Waals surface area contributed by atoms with Crippen LogP contribution in [0.1, 0.15) is 24.0 Å². The van der Waals surface area contributed by atoms with Crippen LogP contribution in [-0.2, 0) is 12.1 Å². The Morgan fingerprint density at radius 2 is 1.84 bits per heavy atom. The van der Waals surface area contributed by atoms with Crippen LogP contribution in [0.4, 0.5) is 0 Å². The maximum atomic E-state index is 11.0. The first-order chi connectivity index (χ1) is 12.2. The van der Waals surface area contributed by atoms with Gasteiger partial charge in [0.2, 0.25) is 0 Å². The Morgan fingerprint density at radius 1 is 1.00 bits per heavy atom. The lowest BCUT2D eigenvalue weighted by Gasteiger charge is -2.38. The molecule has 5 nitrogen and oxygen atoms in total. The first kappa shape index (κ1) is 16.0. The van der Waals surface area contributed by atoms with Crippen molar-refractivity contribution in [3.05, 3.63) is 78.4 Å². The maximum Gasteiger partial charge on any atom is 0.0935 e. The van der Waals surface area contributed by atoms with Crippen molar-refractivity contribution in [1.82, 2.24) is 19.7 Å². The third kappa shape index (κ3) is 3.34. The van der Waals surface area contributed by atoms with Gasteiger partial charge in [0.25, 0.3) is 0 Å². The number of aliphatic hydroxyl groups is 1. The molecule has 0 saturated carbocycles. The second-order valence-electron chi connectivity index (χ2n) is 6.63. The van der Waals surface area contributed by atoms with E-state index < -0.39 is 5.60 Å². The fraction of sp³-hybridized carbons (Fsp3) is 0.300. The van der Waals surface area contributed by atoms with E-state index in [0.717, 1.165) is 43.7 Å². The highest BCUT2D eigenvalue weighted by Gasteiger charge is 2.34. The van der Waals surface area contributed by atoms with Crippen LogP contribution < -0.4 is 0 Å². The molecular weight excluding hydrogens is 312 g/mol. The van der Waals surface area contributed by atoms with Crippen molar-refractivity contribution in [2.24, 2.45) is 0 Å². The van der Waals surface area contributed by atoms with Crippen molar-refractivity contribution in [2.75, 3.05) is 13.1 Å². The van der Waals surface area contributed by atoms with Crippen LogP contribution in [0.15, 0.2) is 67.3 Å². The van der Waals surface area contributed by atoms with Gasteiger partial charge in [-0.15, -0.1) is 0 Å². The maximum absolute atomic E-state index is 11.0. The number of hydrogen-bond acceptors (Lipinski definition) is 4. The van der Waals surface area contributed by atoms with E-state index in [1.807, 2.05) is 35.1 Å². The van der Waals surface area contributed by atoms with Crippen molar-refractivity contribution >= 4 is 0 Å². The highest BCUT2D eigenvalue weighted by molar-refractivity contribution is 5.40. The first-order valence-corrected chi connectivity index (χ1v) is 8.68. The van der Waals surface area contributed by atoms with Crippen LogP contribution in [0.3, 0.4) is 0 Å². The minimum atomic E-state index is -0.758. The van der Waals surface area contributed by atoms with E-state index in [1.165, 1.54) is 5.56 Å². The number of likely N-dealkylation sites (tertiary alicyclic amines) is 1. The number of pyridine rings is 1. The molecule has 1 aromatic carbocycles. The molecule has 0 atom stereocenters. The molecule has 1 aliphatic heterocycles. The number of hydrogen-bond donors (Lipinski definition) is 1. The molecule has 1 fully saturated rings. The third-order valence-corrected chi connectivity index (χ3v) is 5.02. The minimum Gasteiger partial charge on any atom is -0.385 e. The van der Waals surface area contributed by atoms with Crippen LogP contribution in [0.2, 0.25) is 0 Å². The van der Waals surface area contributed by atoms with E-state index in [0.29, 0.717) is 0 Å². The average molecular weight is 334 g/mol. The van der Waals surface area contributed by atoms with E-state index in [2.05, 4.69) is 33.2 Å². The highest BCUT2D eigenvalue weighted by Crippen LogP contribution is 2.33. The van der Waals surface area contributed by atoms with Gasteiger partial charge in [0.15, 0.2) is 0 Å². The Morgan fingerprint density at radius 3 is 2.56 bits per heavy atom. The Kier molecular flexibility index (Phi) is 4.34. The second-order valence-corrected chi connectivity index (χ2v) is 6.63. The molecule has 3 aromatic rings.